The van der Waals surface area contributed by atoms with Crippen molar-refractivity contribution in [2.24, 2.45) is 5.92 Å². The number of nitrogens with one attached hydrogen (secondary N) is 1. The SMILES string of the molecule is CSCC[C@H](C(=O)Nc1sc2c(c1C#N)CC[C@H](C)C2)N1C(=O)c2ccccc2C1=O. The fourth-order valence-corrected chi connectivity index (χ4v) is 6.07. The molecular formula is C23H23N3O3S2. The van der Waals surface area contributed by atoms with Gasteiger partial charge in [-0.1, -0.05) is 19.1 Å². The first-order chi connectivity index (χ1) is 15.0. The monoisotopic (exact) mass is 453 g/mol. The standard InChI is InChI=1S/C23H23N3O3S2/c1-13-7-8-14-17(12-24)21(31-19(14)11-13)25-20(27)18(9-10-30-2)26-22(28)15-5-3-4-6-16(15)23(26)29/h3-6,13,18H,7-11H2,1-2H3,(H,25,27)/t13-,18+/m0/s1. The number of thioether (sulfide) groups is 1. The summed E-state index contributed by atoms with van der Waals surface area (Å²) >= 11 is 2.99. The molecule has 0 spiro atoms. The molecule has 2 atom stereocenters. The molecule has 1 N–H and O–H groups in total. The summed E-state index contributed by atoms with van der Waals surface area (Å²) in [7, 11) is 0. The van der Waals surface area contributed by atoms with E-state index < -0.39 is 23.8 Å². The molecule has 0 radical (unpaired) electrons. The average molecular weight is 454 g/mol. The summed E-state index contributed by atoms with van der Waals surface area (Å²) in [5.74, 6) is -0.140. The molecule has 0 fully saturated rings. The van der Waals surface area contributed by atoms with E-state index in [0.717, 1.165) is 34.6 Å². The molecule has 1 aromatic carbocycles. The molecule has 0 bridgehead atoms. The van der Waals surface area contributed by atoms with Gasteiger partial charge in [0.25, 0.3) is 11.8 Å². The first kappa shape index (κ1) is 21.6. The summed E-state index contributed by atoms with van der Waals surface area (Å²) in [5, 5.41) is 13.1. The quantitative estimate of drug-likeness (QED) is 0.665. The van der Waals surface area contributed by atoms with E-state index in [1.165, 1.54) is 11.3 Å². The van der Waals surface area contributed by atoms with E-state index in [1.807, 2.05) is 6.26 Å². The van der Waals surface area contributed by atoms with Crippen molar-refractivity contribution >= 4 is 45.8 Å². The number of hydrogen-bond acceptors (Lipinski definition) is 6. The predicted octanol–water partition coefficient (Wildman–Crippen LogP) is 4.10. The van der Waals surface area contributed by atoms with Crippen molar-refractivity contribution in [3.63, 3.8) is 0 Å². The molecular weight excluding hydrogens is 430 g/mol. The Morgan fingerprint density at radius 1 is 1.32 bits per heavy atom. The number of anilines is 1. The molecule has 1 aliphatic heterocycles. The van der Waals surface area contributed by atoms with Crippen LogP contribution in [0.15, 0.2) is 24.3 Å². The second-order valence-corrected chi connectivity index (χ2v) is 10.1. The lowest BCUT2D eigenvalue weighted by Crippen LogP contribution is -2.47. The third kappa shape index (κ3) is 3.88. The highest BCUT2D eigenvalue weighted by Crippen LogP contribution is 2.39. The number of thiophene rings is 1. The molecule has 1 aromatic heterocycles. The van der Waals surface area contributed by atoms with Crippen LogP contribution in [0.25, 0.3) is 0 Å². The van der Waals surface area contributed by atoms with Crippen molar-refractivity contribution in [3.8, 4) is 6.07 Å². The minimum Gasteiger partial charge on any atom is -0.315 e. The molecule has 0 saturated heterocycles. The summed E-state index contributed by atoms with van der Waals surface area (Å²) < 4.78 is 0. The summed E-state index contributed by atoms with van der Waals surface area (Å²) in [6.07, 6.45) is 5.03. The molecule has 0 saturated carbocycles. The van der Waals surface area contributed by atoms with Gasteiger partial charge in [-0.05, 0) is 61.3 Å². The van der Waals surface area contributed by atoms with Gasteiger partial charge in [0.05, 0.1) is 16.7 Å². The van der Waals surface area contributed by atoms with E-state index in [-0.39, 0.29) is 0 Å². The smallest absolute Gasteiger partial charge is 0.262 e. The van der Waals surface area contributed by atoms with Crippen molar-refractivity contribution in [3.05, 3.63) is 51.4 Å². The number of benzene rings is 1. The van der Waals surface area contributed by atoms with Gasteiger partial charge >= 0.3 is 0 Å². The highest BCUT2D eigenvalue weighted by atomic mass is 32.2. The fraction of sp³-hybridized carbons (Fsp3) is 0.391. The van der Waals surface area contributed by atoms with E-state index >= 15 is 0 Å². The van der Waals surface area contributed by atoms with Crippen LogP contribution in [0, 0.1) is 17.2 Å². The number of carbonyl (C=O) groups excluding carboxylic acids is 3. The van der Waals surface area contributed by atoms with Crippen LogP contribution >= 0.6 is 23.1 Å². The fourth-order valence-electron chi connectivity index (χ4n) is 4.25. The number of nitrogens with zero attached hydrogens (tertiary/aromatic N) is 2. The molecule has 160 valence electrons. The van der Waals surface area contributed by atoms with E-state index in [2.05, 4.69) is 18.3 Å². The number of nitriles is 1. The third-order valence-electron chi connectivity index (χ3n) is 5.90. The number of fused-ring (bicyclic) bond motifs is 2. The van der Waals surface area contributed by atoms with Gasteiger partial charge in [-0.3, -0.25) is 19.3 Å². The van der Waals surface area contributed by atoms with Crippen LogP contribution in [-0.2, 0) is 17.6 Å². The average Bonchev–Trinajstić information content (AvgIpc) is 3.23. The zero-order valence-corrected chi connectivity index (χ0v) is 19.1. The number of imide groups is 1. The van der Waals surface area contributed by atoms with Gasteiger partial charge in [-0.2, -0.15) is 17.0 Å². The van der Waals surface area contributed by atoms with E-state index in [9.17, 15) is 19.6 Å². The Morgan fingerprint density at radius 3 is 2.61 bits per heavy atom. The molecule has 8 heteroatoms. The minimum absolute atomic E-state index is 0.327. The Balaban J connectivity index is 1.63. The molecule has 0 unspecified atom stereocenters. The Morgan fingerprint density at radius 2 is 2.00 bits per heavy atom. The largest absolute Gasteiger partial charge is 0.315 e. The maximum Gasteiger partial charge on any atom is 0.262 e. The molecule has 2 heterocycles. The van der Waals surface area contributed by atoms with Crippen molar-refractivity contribution in [1.29, 1.82) is 5.26 Å². The van der Waals surface area contributed by atoms with E-state index in [0.29, 0.717) is 39.8 Å². The van der Waals surface area contributed by atoms with Crippen LogP contribution in [0.3, 0.4) is 0 Å². The van der Waals surface area contributed by atoms with Crippen LogP contribution < -0.4 is 5.32 Å². The molecule has 2 aromatic rings. The van der Waals surface area contributed by atoms with Gasteiger partial charge in [0.1, 0.15) is 17.1 Å². The van der Waals surface area contributed by atoms with Crippen molar-refractivity contribution < 1.29 is 14.4 Å². The Bertz CT molecular complexity index is 1070. The van der Waals surface area contributed by atoms with Gasteiger partial charge in [-0.15, -0.1) is 11.3 Å². The van der Waals surface area contributed by atoms with Gasteiger partial charge in [0.15, 0.2) is 0 Å². The summed E-state index contributed by atoms with van der Waals surface area (Å²) in [6.45, 7) is 2.19. The Hall–Kier alpha value is -2.63. The molecule has 6 nitrogen and oxygen atoms in total. The Labute approximate surface area is 189 Å². The van der Waals surface area contributed by atoms with Crippen LogP contribution in [0.1, 0.15) is 56.5 Å². The number of hydrogen-bond donors (Lipinski definition) is 1. The molecule has 1 aliphatic carbocycles. The van der Waals surface area contributed by atoms with Gasteiger partial charge in [0, 0.05) is 4.88 Å². The van der Waals surface area contributed by atoms with Crippen LogP contribution in [0.4, 0.5) is 5.00 Å². The molecule has 3 amide bonds. The summed E-state index contributed by atoms with van der Waals surface area (Å²) in [4.78, 5) is 41.5. The van der Waals surface area contributed by atoms with E-state index in [4.69, 9.17) is 0 Å². The second kappa shape index (κ2) is 8.85. The van der Waals surface area contributed by atoms with E-state index in [1.54, 1.807) is 36.0 Å². The van der Waals surface area contributed by atoms with Gasteiger partial charge in [-0.25, -0.2) is 0 Å². The maximum atomic E-state index is 13.3. The number of amides is 3. The highest BCUT2D eigenvalue weighted by Gasteiger charge is 2.42. The van der Waals surface area contributed by atoms with Gasteiger partial charge in [0.2, 0.25) is 5.91 Å². The highest BCUT2D eigenvalue weighted by molar-refractivity contribution is 7.98. The topological polar surface area (TPSA) is 90.3 Å². The Kier molecular flexibility index (Phi) is 6.17. The summed E-state index contributed by atoms with van der Waals surface area (Å²) in [5.41, 5.74) is 2.20. The van der Waals surface area contributed by atoms with Crippen LogP contribution in [-0.4, -0.2) is 40.7 Å². The van der Waals surface area contributed by atoms with Crippen molar-refractivity contribution in [1.82, 2.24) is 4.90 Å². The lowest BCUT2D eigenvalue weighted by molar-refractivity contribution is -0.120. The molecule has 31 heavy (non-hydrogen) atoms. The molecule has 4 rings (SSSR count). The normalized spacial score (nSPS) is 18.4. The first-order valence-electron chi connectivity index (χ1n) is 10.3. The van der Waals surface area contributed by atoms with Crippen LogP contribution in [0.5, 0.6) is 0 Å². The van der Waals surface area contributed by atoms with Crippen molar-refractivity contribution in [2.45, 2.75) is 38.6 Å². The molecule has 2 aliphatic rings. The zero-order valence-electron chi connectivity index (χ0n) is 17.4. The lowest BCUT2D eigenvalue weighted by Gasteiger charge is -2.25. The zero-order chi connectivity index (χ0) is 22.1. The predicted molar refractivity (Wildman–Crippen MR) is 123 cm³/mol. The number of rotatable bonds is 6. The van der Waals surface area contributed by atoms with Crippen molar-refractivity contribution in [2.75, 3.05) is 17.3 Å². The second-order valence-electron chi connectivity index (χ2n) is 7.98. The first-order valence-corrected chi connectivity index (χ1v) is 12.5. The third-order valence-corrected chi connectivity index (χ3v) is 7.71. The van der Waals surface area contributed by atoms with Gasteiger partial charge < -0.3 is 5.32 Å². The number of carbonyl (C=O) groups is 3. The minimum atomic E-state index is -0.926. The van der Waals surface area contributed by atoms with Crippen LogP contribution in [0.2, 0.25) is 0 Å². The summed E-state index contributed by atoms with van der Waals surface area (Å²) in [6, 6.07) is 7.97. The maximum absolute atomic E-state index is 13.3. The lowest BCUT2D eigenvalue weighted by atomic mass is 9.88.